The van der Waals surface area contributed by atoms with E-state index in [1.54, 1.807) is 7.11 Å². The van der Waals surface area contributed by atoms with E-state index in [0.717, 1.165) is 18.7 Å². The second kappa shape index (κ2) is 4.96. The van der Waals surface area contributed by atoms with E-state index in [2.05, 4.69) is 43.4 Å². The number of rotatable bonds is 3. The number of likely N-dealkylation sites (N-methyl/N-ethyl adjacent to an activating group) is 1. The number of hydrogen-bond donors (Lipinski definition) is 1. The van der Waals surface area contributed by atoms with Gasteiger partial charge in [0.25, 0.3) is 0 Å². The van der Waals surface area contributed by atoms with E-state index in [1.165, 1.54) is 23.2 Å². The van der Waals surface area contributed by atoms with E-state index in [-0.39, 0.29) is 0 Å². The fourth-order valence-electron chi connectivity index (χ4n) is 2.55. The predicted molar refractivity (Wildman–Crippen MR) is 72.0 cm³/mol. The molecule has 94 valence electrons. The standard InChI is InChI=1S/C14H22N2O/c1-10-5-8-13(17-4)14-12(10)7-6-11(15-14)9-16(2)3/h5,8,11,15H,6-7,9H2,1-4H3. The molecule has 1 atom stereocenters. The highest BCUT2D eigenvalue weighted by Gasteiger charge is 2.22. The molecule has 1 heterocycles. The van der Waals surface area contributed by atoms with Gasteiger partial charge in [0.2, 0.25) is 0 Å². The van der Waals surface area contributed by atoms with Gasteiger partial charge >= 0.3 is 0 Å². The van der Waals surface area contributed by atoms with Gasteiger partial charge in [-0.2, -0.15) is 0 Å². The van der Waals surface area contributed by atoms with Crippen LogP contribution in [0.2, 0.25) is 0 Å². The number of anilines is 1. The molecule has 1 aliphatic heterocycles. The molecule has 3 heteroatoms. The largest absolute Gasteiger partial charge is 0.495 e. The van der Waals surface area contributed by atoms with Gasteiger partial charge in [-0.1, -0.05) is 6.07 Å². The summed E-state index contributed by atoms with van der Waals surface area (Å²) in [4.78, 5) is 2.23. The van der Waals surface area contributed by atoms with Crippen LogP contribution in [0.4, 0.5) is 5.69 Å². The van der Waals surface area contributed by atoms with Crippen LogP contribution >= 0.6 is 0 Å². The fraction of sp³-hybridized carbons (Fsp3) is 0.571. The molecule has 0 fully saturated rings. The van der Waals surface area contributed by atoms with Gasteiger partial charge < -0.3 is 15.0 Å². The molecule has 1 N–H and O–H groups in total. The molecule has 0 aromatic heterocycles. The van der Waals surface area contributed by atoms with Gasteiger partial charge in [-0.25, -0.2) is 0 Å². The lowest BCUT2D eigenvalue weighted by molar-refractivity contribution is 0.368. The summed E-state index contributed by atoms with van der Waals surface area (Å²) in [5.41, 5.74) is 3.97. The molecule has 0 bridgehead atoms. The SMILES string of the molecule is COc1ccc(C)c2c1NC(CN(C)C)CC2. The number of nitrogens with one attached hydrogen (secondary N) is 1. The van der Waals surface area contributed by atoms with E-state index in [1.807, 2.05) is 0 Å². The first-order valence-electron chi connectivity index (χ1n) is 6.19. The molecule has 1 aromatic carbocycles. The van der Waals surface area contributed by atoms with Crippen molar-refractivity contribution in [1.82, 2.24) is 4.90 Å². The van der Waals surface area contributed by atoms with Crippen molar-refractivity contribution in [3.05, 3.63) is 23.3 Å². The fourth-order valence-corrected chi connectivity index (χ4v) is 2.55. The number of hydrogen-bond acceptors (Lipinski definition) is 3. The maximum atomic E-state index is 5.44. The van der Waals surface area contributed by atoms with Crippen LogP contribution in [0.15, 0.2) is 12.1 Å². The Hall–Kier alpha value is -1.22. The van der Waals surface area contributed by atoms with E-state index < -0.39 is 0 Å². The number of benzene rings is 1. The topological polar surface area (TPSA) is 24.5 Å². The van der Waals surface area contributed by atoms with Gasteiger partial charge in [-0.3, -0.25) is 0 Å². The monoisotopic (exact) mass is 234 g/mol. The van der Waals surface area contributed by atoms with Crippen LogP contribution in [0.1, 0.15) is 17.5 Å². The highest BCUT2D eigenvalue weighted by molar-refractivity contribution is 5.66. The molecule has 2 rings (SSSR count). The second-order valence-corrected chi connectivity index (χ2v) is 5.08. The first kappa shape index (κ1) is 12.2. The van der Waals surface area contributed by atoms with E-state index in [9.17, 15) is 0 Å². The first-order chi connectivity index (χ1) is 8.11. The van der Waals surface area contributed by atoms with Crippen LogP contribution < -0.4 is 10.1 Å². The molecule has 17 heavy (non-hydrogen) atoms. The van der Waals surface area contributed by atoms with Crippen LogP contribution in [0.5, 0.6) is 5.75 Å². The van der Waals surface area contributed by atoms with Gasteiger partial charge in [0, 0.05) is 12.6 Å². The lowest BCUT2D eigenvalue weighted by Crippen LogP contribution is -2.35. The van der Waals surface area contributed by atoms with Crippen molar-refractivity contribution in [2.24, 2.45) is 0 Å². The van der Waals surface area contributed by atoms with Crippen molar-refractivity contribution in [2.75, 3.05) is 33.1 Å². The zero-order valence-electron chi connectivity index (χ0n) is 11.2. The molecular formula is C14H22N2O. The zero-order chi connectivity index (χ0) is 12.4. The Morgan fingerprint density at radius 1 is 1.41 bits per heavy atom. The van der Waals surface area contributed by atoms with E-state index >= 15 is 0 Å². The lowest BCUT2D eigenvalue weighted by atomic mass is 9.93. The maximum absolute atomic E-state index is 5.44. The third-order valence-corrected chi connectivity index (χ3v) is 3.41. The lowest BCUT2D eigenvalue weighted by Gasteiger charge is -2.31. The smallest absolute Gasteiger partial charge is 0.142 e. The van der Waals surface area contributed by atoms with Crippen molar-refractivity contribution in [3.8, 4) is 5.75 Å². The van der Waals surface area contributed by atoms with Gasteiger partial charge in [0.05, 0.1) is 12.8 Å². The predicted octanol–water partition coefficient (Wildman–Crippen LogP) is 2.29. The molecule has 0 saturated heterocycles. The average Bonchev–Trinajstić information content (AvgIpc) is 2.29. The van der Waals surface area contributed by atoms with Crippen LogP contribution in [0.25, 0.3) is 0 Å². The Labute approximate surface area is 104 Å². The Kier molecular flexibility index (Phi) is 3.57. The Morgan fingerprint density at radius 3 is 2.82 bits per heavy atom. The van der Waals surface area contributed by atoms with Gasteiger partial charge in [0.1, 0.15) is 5.75 Å². The minimum absolute atomic E-state index is 0.521. The summed E-state index contributed by atoms with van der Waals surface area (Å²) in [6, 6.07) is 4.72. The van der Waals surface area contributed by atoms with Crippen LogP contribution in [-0.4, -0.2) is 38.7 Å². The van der Waals surface area contributed by atoms with Crippen molar-refractivity contribution in [2.45, 2.75) is 25.8 Å². The average molecular weight is 234 g/mol. The molecule has 0 aliphatic carbocycles. The number of fused-ring (bicyclic) bond motifs is 1. The summed E-state index contributed by atoms with van der Waals surface area (Å²) in [7, 11) is 5.97. The van der Waals surface area contributed by atoms with Crippen molar-refractivity contribution < 1.29 is 4.74 Å². The number of aryl methyl sites for hydroxylation is 1. The third-order valence-electron chi connectivity index (χ3n) is 3.41. The van der Waals surface area contributed by atoms with Crippen molar-refractivity contribution >= 4 is 5.69 Å². The second-order valence-electron chi connectivity index (χ2n) is 5.08. The van der Waals surface area contributed by atoms with Crippen LogP contribution in [-0.2, 0) is 6.42 Å². The molecule has 0 amide bonds. The molecular weight excluding hydrogens is 212 g/mol. The van der Waals surface area contributed by atoms with Crippen molar-refractivity contribution in [1.29, 1.82) is 0 Å². The molecule has 1 aromatic rings. The number of methoxy groups -OCH3 is 1. The first-order valence-corrected chi connectivity index (χ1v) is 6.19. The summed E-state index contributed by atoms with van der Waals surface area (Å²) >= 11 is 0. The van der Waals surface area contributed by atoms with Gasteiger partial charge in [-0.15, -0.1) is 0 Å². The van der Waals surface area contributed by atoms with Crippen LogP contribution in [0.3, 0.4) is 0 Å². The number of nitrogens with zero attached hydrogens (tertiary/aromatic N) is 1. The summed E-state index contributed by atoms with van der Waals surface area (Å²) < 4.78 is 5.44. The highest BCUT2D eigenvalue weighted by Crippen LogP contribution is 2.35. The van der Waals surface area contributed by atoms with Gasteiger partial charge in [-0.05, 0) is 51.1 Å². The molecule has 1 aliphatic rings. The summed E-state index contributed by atoms with van der Waals surface area (Å²) in [5, 5.41) is 3.62. The van der Waals surface area contributed by atoms with Crippen molar-refractivity contribution in [3.63, 3.8) is 0 Å². The summed E-state index contributed by atoms with van der Waals surface area (Å²) in [6.07, 6.45) is 2.34. The molecule has 0 radical (unpaired) electrons. The Balaban J connectivity index is 2.26. The minimum atomic E-state index is 0.521. The quantitative estimate of drug-likeness (QED) is 0.868. The molecule has 1 unspecified atom stereocenters. The van der Waals surface area contributed by atoms with Gasteiger partial charge in [0.15, 0.2) is 0 Å². The van der Waals surface area contributed by atoms with Crippen LogP contribution in [0, 0.1) is 6.92 Å². The molecule has 0 saturated carbocycles. The van der Waals surface area contributed by atoms with E-state index in [4.69, 9.17) is 4.74 Å². The summed E-state index contributed by atoms with van der Waals surface area (Å²) in [6.45, 7) is 3.24. The molecule has 0 spiro atoms. The maximum Gasteiger partial charge on any atom is 0.142 e. The Bertz CT molecular complexity index is 401. The minimum Gasteiger partial charge on any atom is -0.495 e. The summed E-state index contributed by atoms with van der Waals surface area (Å²) in [5.74, 6) is 0.967. The number of ether oxygens (including phenoxy) is 1. The molecule has 3 nitrogen and oxygen atoms in total. The zero-order valence-corrected chi connectivity index (χ0v) is 11.2. The Morgan fingerprint density at radius 2 is 2.18 bits per heavy atom. The highest BCUT2D eigenvalue weighted by atomic mass is 16.5. The third kappa shape index (κ3) is 2.55. The van der Waals surface area contributed by atoms with E-state index in [0.29, 0.717) is 6.04 Å². The normalized spacial score (nSPS) is 18.8.